The van der Waals surface area contributed by atoms with Gasteiger partial charge in [-0.15, -0.1) is 0 Å². The number of amides is 2. The Bertz CT molecular complexity index is 1160. The Hall–Kier alpha value is -2.96. The van der Waals surface area contributed by atoms with Gasteiger partial charge < -0.3 is 9.31 Å². The van der Waals surface area contributed by atoms with Crippen LogP contribution in [0.3, 0.4) is 0 Å². The molecule has 0 aliphatic carbocycles. The molecular weight excluding hydrogens is 377 g/mol. The molecule has 0 aromatic heterocycles. The van der Waals surface area contributed by atoms with Crippen molar-refractivity contribution in [3.63, 3.8) is 0 Å². The van der Waals surface area contributed by atoms with Gasteiger partial charge in [-0.25, -0.2) is 4.90 Å². The fraction of sp³-hybridized carbons (Fsp3) is 0.250. The fourth-order valence-corrected chi connectivity index (χ4v) is 4.11. The SMILES string of the molecule is CC1(C)OB(c2ccc3c4c(cccc24)C(=O)N(c2ccccc2)C3=O)OC1(C)C. The molecule has 0 unspecified atom stereocenters. The van der Waals surface area contributed by atoms with E-state index >= 15 is 0 Å². The van der Waals surface area contributed by atoms with Crippen LogP contribution in [0.5, 0.6) is 0 Å². The molecule has 0 N–H and O–H groups in total. The highest BCUT2D eigenvalue weighted by Gasteiger charge is 2.52. The van der Waals surface area contributed by atoms with E-state index < -0.39 is 18.3 Å². The van der Waals surface area contributed by atoms with E-state index in [1.54, 1.807) is 24.3 Å². The van der Waals surface area contributed by atoms with Crippen molar-refractivity contribution in [2.24, 2.45) is 0 Å². The summed E-state index contributed by atoms with van der Waals surface area (Å²) in [4.78, 5) is 27.8. The highest BCUT2D eigenvalue weighted by atomic mass is 16.7. The van der Waals surface area contributed by atoms with E-state index in [1.165, 1.54) is 4.90 Å². The molecule has 150 valence electrons. The zero-order valence-electron chi connectivity index (χ0n) is 17.4. The van der Waals surface area contributed by atoms with Crippen LogP contribution < -0.4 is 10.4 Å². The van der Waals surface area contributed by atoms with E-state index in [2.05, 4.69) is 0 Å². The van der Waals surface area contributed by atoms with Crippen LogP contribution in [0.25, 0.3) is 10.8 Å². The van der Waals surface area contributed by atoms with Gasteiger partial charge in [0.2, 0.25) is 0 Å². The number of rotatable bonds is 2. The number of hydrogen-bond donors (Lipinski definition) is 0. The molecule has 3 aromatic carbocycles. The lowest BCUT2D eigenvalue weighted by Gasteiger charge is -2.32. The lowest BCUT2D eigenvalue weighted by Crippen LogP contribution is -2.42. The minimum absolute atomic E-state index is 0.324. The third kappa shape index (κ3) is 2.57. The van der Waals surface area contributed by atoms with Crippen molar-refractivity contribution in [1.29, 1.82) is 0 Å². The molecular formula is C24H22BNO4. The molecule has 2 aliphatic rings. The number of carbonyl (C=O) groups is 2. The van der Waals surface area contributed by atoms with Gasteiger partial charge in [-0.3, -0.25) is 9.59 Å². The van der Waals surface area contributed by atoms with Crippen molar-refractivity contribution in [2.45, 2.75) is 38.9 Å². The minimum Gasteiger partial charge on any atom is -0.399 e. The Balaban J connectivity index is 1.67. The summed E-state index contributed by atoms with van der Waals surface area (Å²) in [6, 6.07) is 18.2. The first-order chi connectivity index (χ1) is 14.2. The second-order valence-electron chi connectivity index (χ2n) is 8.80. The van der Waals surface area contributed by atoms with Crippen molar-refractivity contribution in [1.82, 2.24) is 0 Å². The Morgan fingerprint density at radius 3 is 1.97 bits per heavy atom. The maximum Gasteiger partial charge on any atom is 0.495 e. The van der Waals surface area contributed by atoms with Crippen LogP contribution in [0.15, 0.2) is 60.7 Å². The van der Waals surface area contributed by atoms with E-state index in [9.17, 15) is 9.59 Å². The molecule has 2 aliphatic heterocycles. The lowest BCUT2D eigenvalue weighted by molar-refractivity contribution is 0.00578. The van der Waals surface area contributed by atoms with Crippen LogP contribution in [-0.4, -0.2) is 30.1 Å². The summed E-state index contributed by atoms with van der Waals surface area (Å²) < 4.78 is 12.5. The number of hydrogen-bond acceptors (Lipinski definition) is 4. The smallest absolute Gasteiger partial charge is 0.399 e. The van der Waals surface area contributed by atoms with Gasteiger partial charge in [0, 0.05) is 16.5 Å². The molecule has 3 aromatic rings. The van der Waals surface area contributed by atoms with Crippen molar-refractivity contribution in [3.05, 3.63) is 71.8 Å². The first-order valence-corrected chi connectivity index (χ1v) is 10.1. The average Bonchev–Trinajstić information content (AvgIpc) is 2.93. The highest BCUT2D eigenvalue weighted by molar-refractivity contribution is 6.65. The second kappa shape index (κ2) is 6.27. The van der Waals surface area contributed by atoms with Gasteiger partial charge in [-0.2, -0.15) is 0 Å². The Morgan fingerprint density at radius 2 is 1.33 bits per heavy atom. The number of carbonyl (C=O) groups excluding carboxylic acids is 2. The predicted molar refractivity (Wildman–Crippen MR) is 117 cm³/mol. The van der Waals surface area contributed by atoms with Crippen LogP contribution in [0, 0.1) is 0 Å². The Morgan fingerprint density at radius 1 is 0.733 bits per heavy atom. The van der Waals surface area contributed by atoms with Crippen molar-refractivity contribution in [2.75, 3.05) is 4.90 Å². The second-order valence-corrected chi connectivity index (χ2v) is 8.80. The summed E-state index contributed by atoms with van der Waals surface area (Å²) >= 11 is 0. The maximum absolute atomic E-state index is 13.3. The molecule has 30 heavy (non-hydrogen) atoms. The number of para-hydroxylation sites is 1. The molecule has 0 spiro atoms. The molecule has 5 rings (SSSR count). The molecule has 6 heteroatoms. The van der Waals surface area contributed by atoms with Crippen molar-refractivity contribution >= 4 is 40.9 Å². The molecule has 0 atom stereocenters. The van der Waals surface area contributed by atoms with Gasteiger partial charge >= 0.3 is 7.12 Å². The van der Waals surface area contributed by atoms with Gasteiger partial charge in [-0.1, -0.05) is 36.4 Å². The first kappa shape index (κ1) is 19.0. The van der Waals surface area contributed by atoms with E-state index in [1.807, 2.05) is 64.1 Å². The van der Waals surface area contributed by atoms with Crippen molar-refractivity contribution < 1.29 is 18.9 Å². The summed E-state index contributed by atoms with van der Waals surface area (Å²) in [5.41, 5.74) is 1.43. The molecule has 0 saturated carbocycles. The quantitative estimate of drug-likeness (QED) is 0.484. The number of nitrogens with zero attached hydrogens (tertiary/aromatic N) is 1. The van der Waals surface area contributed by atoms with E-state index in [4.69, 9.17) is 9.31 Å². The third-order valence-electron chi connectivity index (χ3n) is 6.46. The number of imide groups is 1. The summed E-state index contributed by atoms with van der Waals surface area (Å²) in [6.07, 6.45) is 0. The lowest BCUT2D eigenvalue weighted by atomic mass is 9.74. The van der Waals surface area contributed by atoms with Crippen LogP contribution >= 0.6 is 0 Å². The zero-order chi connectivity index (χ0) is 21.3. The van der Waals surface area contributed by atoms with Crippen molar-refractivity contribution in [3.8, 4) is 0 Å². The highest BCUT2D eigenvalue weighted by Crippen LogP contribution is 2.38. The summed E-state index contributed by atoms with van der Waals surface area (Å²) in [6.45, 7) is 8.01. The summed E-state index contributed by atoms with van der Waals surface area (Å²) in [7, 11) is -0.573. The van der Waals surface area contributed by atoms with Crippen LogP contribution in [0.4, 0.5) is 5.69 Å². The number of benzene rings is 3. The van der Waals surface area contributed by atoms with Gasteiger partial charge in [0.05, 0.1) is 16.9 Å². The molecule has 0 radical (unpaired) electrons. The standard InChI is InChI=1S/C24H22BNO4/c1-23(2)24(3,4)30-25(29-23)19-14-13-18-20-16(19)11-8-12-17(20)21(27)26(22(18)28)15-9-6-5-7-10-15/h5-14H,1-4H3. The van der Waals surface area contributed by atoms with Gasteiger partial charge in [-0.05, 0) is 62.8 Å². The minimum atomic E-state index is -0.573. The molecule has 1 saturated heterocycles. The fourth-order valence-electron chi connectivity index (χ4n) is 4.11. The summed E-state index contributed by atoms with van der Waals surface area (Å²) in [5, 5.41) is 1.46. The van der Waals surface area contributed by atoms with E-state index in [0.29, 0.717) is 22.2 Å². The van der Waals surface area contributed by atoms with Gasteiger partial charge in [0.25, 0.3) is 11.8 Å². The largest absolute Gasteiger partial charge is 0.495 e. The Kier molecular flexibility index (Phi) is 3.98. The van der Waals surface area contributed by atoms with E-state index in [0.717, 1.165) is 10.8 Å². The molecule has 0 bridgehead atoms. The van der Waals surface area contributed by atoms with Gasteiger partial charge in [0.15, 0.2) is 0 Å². The Labute approximate surface area is 175 Å². The normalized spacial score (nSPS) is 19.6. The molecule has 5 nitrogen and oxygen atoms in total. The number of anilines is 1. The van der Waals surface area contributed by atoms with Gasteiger partial charge in [0.1, 0.15) is 0 Å². The topological polar surface area (TPSA) is 55.8 Å². The third-order valence-corrected chi connectivity index (χ3v) is 6.46. The maximum atomic E-state index is 13.3. The van der Waals surface area contributed by atoms with Crippen LogP contribution in [0.1, 0.15) is 48.4 Å². The van der Waals surface area contributed by atoms with Crippen LogP contribution in [-0.2, 0) is 9.31 Å². The van der Waals surface area contributed by atoms with Crippen LogP contribution in [0.2, 0.25) is 0 Å². The molecule has 2 amide bonds. The monoisotopic (exact) mass is 399 g/mol. The summed E-state index contributed by atoms with van der Waals surface area (Å²) in [5.74, 6) is -0.647. The first-order valence-electron chi connectivity index (χ1n) is 10.1. The zero-order valence-corrected chi connectivity index (χ0v) is 17.4. The predicted octanol–water partition coefficient (Wildman–Crippen LogP) is 3.94. The average molecular weight is 399 g/mol. The van der Waals surface area contributed by atoms with E-state index in [-0.39, 0.29) is 11.8 Å². The molecule has 2 heterocycles. The molecule has 1 fully saturated rings.